The van der Waals surface area contributed by atoms with Crippen molar-refractivity contribution >= 4 is 32.2 Å². The summed E-state index contributed by atoms with van der Waals surface area (Å²) in [4.78, 5) is 5.53. The first kappa shape index (κ1) is 18.8. The summed E-state index contributed by atoms with van der Waals surface area (Å²) in [6.45, 7) is 2.45. The smallest absolute Gasteiger partial charge is 0.213 e. The van der Waals surface area contributed by atoms with Crippen LogP contribution in [0.3, 0.4) is 0 Å². The zero-order valence-corrected chi connectivity index (χ0v) is 18.0. The molecule has 2 aromatic carbocycles. The van der Waals surface area contributed by atoms with Crippen molar-refractivity contribution in [3.63, 3.8) is 0 Å². The highest BCUT2D eigenvalue weighted by molar-refractivity contribution is 9.10. The number of ether oxygens (including phenoxy) is 3. The maximum absolute atomic E-state index is 5.67. The fraction of sp³-hybridized carbons (Fsp3) is 0.200. The van der Waals surface area contributed by atoms with E-state index in [0.29, 0.717) is 23.9 Å². The first-order valence-corrected chi connectivity index (χ1v) is 10.2. The van der Waals surface area contributed by atoms with Gasteiger partial charge in [-0.25, -0.2) is 9.50 Å². The monoisotopic (exact) mass is 459 g/mol. The van der Waals surface area contributed by atoms with Crippen molar-refractivity contribution in [2.75, 3.05) is 20.8 Å². The minimum Gasteiger partial charge on any atom is -0.493 e. The SMILES string of the molecule is CCOc1c(OC)cc(-c2nn3cc(-c4ccc(Br)cc4)nc3s2)cc1OC. The Morgan fingerprint density at radius 1 is 1.04 bits per heavy atom. The van der Waals surface area contributed by atoms with E-state index in [-0.39, 0.29) is 0 Å². The first-order valence-electron chi connectivity index (χ1n) is 8.64. The molecule has 2 aromatic heterocycles. The van der Waals surface area contributed by atoms with Gasteiger partial charge in [0.15, 0.2) is 11.5 Å². The van der Waals surface area contributed by atoms with Crippen LogP contribution in [0.1, 0.15) is 6.92 Å². The Balaban J connectivity index is 1.73. The Bertz CT molecular complexity index is 1070. The second-order valence-corrected chi connectivity index (χ2v) is 7.78. The van der Waals surface area contributed by atoms with Crippen LogP contribution >= 0.6 is 27.3 Å². The number of rotatable bonds is 6. The number of imidazole rings is 1. The Morgan fingerprint density at radius 2 is 1.71 bits per heavy atom. The molecular weight excluding hydrogens is 442 g/mol. The molecule has 0 saturated carbocycles. The molecule has 6 nitrogen and oxygen atoms in total. The summed E-state index contributed by atoms with van der Waals surface area (Å²) < 4.78 is 19.5. The Hall–Kier alpha value is -2.58. The number of halogens is 1. The van der Waals surface area contributed by atoms with Gasteiger partial charge in [-0.1, -0.05) is 39.4 Å². The van der Waals surface area contributed by atoms with Crippen LogP contribution in [0.2, 0.25) is 0 Å². The van der Waals surface area contributed by atoms with Gasteiger partial charge in [0, 0.05) is 15.6 Å². The lowest BCUT2D eigenvalue weighted by molar-refractivity contribution is 0.288. The van der Waals surface area contributed by atoms with E-state index in [9.17, 15) is 0 Å². The number of hydrogen-bond acceptors (Lipinski definition) is 6. The number of nitrogens with zero attached hydrogens (tertiary/aromatic N) is 3. The molecule has 0 aliphatic heterocycles. The van der Waals surface area contributed by atoms with E-state index in [1.54, 1.807) is 18.7 Å². The zero-order chi connectivity index (χ0) is 19.7. The summed E-state index contributed by atoms with van der Waals surface area (Å²) in [5.74, 6) is 1.81. The molecule has 28 heavy (non-hydrogen) atoms. The van der Waals surface area contributed by atoms with Crippen molar-refractivity contribution in [3.8, 4) is 39.1 Å². The van der Waals surface area contributed by atoms with Crippen LogP contribution in [0.4, 0.5) is 0 Å². The van der Waals surface area contributed by atoms with Crippen LogP contribution in [0.5, 0.6) is 17.2 Å². The third kappa shape index (κ3) is 3.45. The van der Waals surface area contributed by atoms with Crippen molar-refractivity contribution in [1.82, 2.24) is 14.6 Å². The zero-order valence-electron chi connectivity index (χ0n) is 15.6. The summed E-state index contributed by atoms with van der Waals surface area (Å²) >= 11 is 4.96. The van der Waals surface area contributed by atoms with E-state index >= 15 is 0 Å². The number of aromatic nitrogens is 3. The molecule has 0 radical (unpaired) electrons. The molecule has 4 rings (SSSR count). The van der Waals surface area contributed by atoms with E-state index in [0.717, 1.165) is 31.3 Å². The largest absolute Gasteiger partial charge is 0.493 e. The van der Waals surface area contributed by atoms with Crippen LogP contribution in [0.15, 0.2) is 47.1 Å². The molecule has 2 heterocycles. The van der Waals surface area contributed by atoms with E-state index < -0.39 is 0 Å². The van der Waals surface area contributed by atoms with Gasteiger partial charge in [0.25, 0.3) is 0 Å². The third-order valence-electron chi connectivity index (χ3n) is 4.18. The first-order chi connectivity index (χ1) is 13.6. The maximum atomic E-state index is 5.67. The molecule has 0 fully saturated rings. The predicted octanol–water partition coefficient (Wildman–Crippen LogP) is 5.30. The molecule has 0 unspecified atom stereocenters. The van der Waals surface area contributed by atoms with Gasteiger partial charge in [0.1, 0.15) is 5.01 Å². The summed E-state index contributed by atoms with van der Waals surface area (Å²) in [7, 11) is 3.22. The summed E-state index contributed by atoms with van der Waals surface area (Å²) in [5.41, 5.74) is 2.82. The summed E-state index contributed by atoms with van der Waals surface area (Å²) in [6, 6.07) is 11.9. The average molecular weight is 460 g/mol. The third-order valence-corrected chi connectivity index (χ3v) is 5.68. The second kappa shape index (κ2) is 7.81. The molecule has 0 N–H and O–H groups in total. The highest BCUT2D eigenvalue weighted by Gasteiger charge is 2.18. The fourth-order valence-corrected chi connectivity index (χ4v) is 4.00. The van der Waals surface area contributed by atoms with Gasteiger partial charge in [0.05, 0.1) is 32.7 Å². The topological polar surface area (TPSA) is 57.9 Å². The minimum atomic E-state index is 0.524. The molecular formula is C20H18BrN3O3S. The molecule has 0 aliphatic carbocycles. The van der Waals surface area contributed by atoms with Gasteiger partial charge >= 0.3 is 0 Å². The van der Waals surface area contributed by atoms with Crippen molar-refractivity contribution in [2.45, 2.75) is 6.92 Å². The molecule has 144 valence electrons. The number of methoxy groups -OCH3 is 2. The summed E-state index contributed by atoms with van der Waals surface area (Å²) in [6.07, 6.45) is 1.93. The molecule has 0 saturated heterocycles. The van der Waals surface area contributed by atoms with Crippen LogP contribution in [-0.4, -0.2) is 35.4 Å². The van der Waals surface area contributed by atoms with Crippen molar-refractivity contribution in [3.05, 3.63) is 47.1 Å². The fourth-order valence-electron chi connectivity index (χ4n) is 2.87. The Morgan fingerprint density at radius 3 is 2.29 bits per heavy atom. The van der Waals surface area contributed by atoms with Crippen molar-refractivity contribution < 1.29 is 14.2 Å². The van der Waals surface area contributed by atoms with Gasteiger partial charge in [-0.05, 0) is 31.2 Å². The van der Waals surface area contributed by atoms with Gasteiger partial charge in [-0.3, -0.25) is 0 Å². The molecule has 4 aromatic rings. The van der Waals surface area contributed by atoms with Gasteiger partial charge in [-0.2, -0.15) is 5.10 Å². The van der Waals surface area contributed by atoms with Gasteiger partial charge in [0.2, 0.25) is 10.7 Å². The van der Waals surface area contributed by atoms with Crippen molar-refractivity contribution in [1.29, 1.82) is 0 Å². The maximum Gasteiger partial charge on any atom is 0.213 e. The number of fused-ring (bicyclic) bond motifs is 1. The highest BCUT2D eigenvalue weighted by Crippen LogP contribution is 2.42. The summed E-state index contributed by atoms with van der Waals surface area (Å²) in [5, 5.41) is 5.51. The average Bonchev–Trinajstić information content (AvgIpc) is 3.28. The number of hydrogen-bond donors (Lipinski definition) is 0. The van der Waals surface area contributed by atoms with Crippen LogP contribution in [0, 0.1) is 0 Å². The minimum absolute atomic E-state index is 0.524. The van der Waals surface area contributed by atoms with Crippen molar-refractivity contribution in [2.24, 2.45) is 0 Å². The lowest BCUT2D eigenvalue weighted by atomic mass is 10.2. The Labute approximate surface area is 174 Å². The van der Waals surface area contributed by atoms with E-state index in [2.05, 4.69) is 21.0 Å². The normalized spacial score (nSPS) is 11.0. The highest BCUT2D eigenvalue weighted by atomic mass is 79.9. The second-order valence-electron chi connectivity index (χ2n) is 5.91. The lowest BCUT2D eigenvalue weighted by Crippen LogP contribution is -1.99. The molecule has 0 atom stereocenters. The quantitative estimate of drug-likeness (QED) is 0.391. The molecule has 0 spiro atoms. The van der Waals surface area contributed by atoms with Crippen LogP contribution in [-0.2, 0) is 0 Å². The Kier molecular flexibility index (Phi) is 5.23. The lowest BCUT2D eigenvalue weighted by Gasteiger charge is -2.14. The molecule has 0 amide bonds. The molecule has 0 bridgehead atoms. The van der Waals surface area contributed by atoms with Crippen LogP contribution < -0.4 is 14.2 Å². The standard InChI is InChI=1S/C20H18BrN3O3S/c1-4-27-18-16(25-2)9-13(10-17(18)26-3)19-23-24-11-15(22-20(24)28-19)12-5-7-14(21)8-6-12/h5-11H,4H2,1-3H3. The molecule has 0 aliphatic rings. The number of benzene rings is 2. The van der Waals surface area contributed by atoms with E-state index in [4.69, 9.17) is 19.2 Å². The van der Waals surface area contributed by atoms with Gasteiger partial charge in [-0.15, -0.1) is 0 Å². The van der Waals surface area contributed by atoms with E-state index in [1.807, 2.05) is 49.5 Å². The molecule has 8 heteroatoms. The van der Waals surface area contributed by atoms with Gasteiger partial charge < -0.3 is 14.2 Å². The predicted molar refractivity (Wildman–Crippen MR) is 114 cm³/mol. The van der Waals surface area contributed by atoms with E-state index in [1.165, 1.54) is 11.3 Å². The van der Waals surface area contributed by atoms with Crippen LogP contribution in [0.25, 0.3) is 26.8 Å².